The second-order valence-electron chi connectivity index (χ2n) is 3.78. The van der Waals surface area contributed by atoms with Gasteiger partial charge in [-0.25, -0.2) is 8.78 Å². The Balaban J connectivity index is 2.98. The smallest absolute Gasteiger partial charge is 0.322 e. The first-order chi connectivity index (χ1) is 8.05. The van der Waals surface area contributed by atoms with Crippen LogP contribution in [-0.4, -0.2) is 17.6 Å². The number of alkyl halides is 3. The summed E-state index contributed by atoms with van der Waals surface area (Å²) in [5, 5.41) is 1.60. The largest absolute Gasteiger partial charge is 0.415 e. The van der Waals surface area contributed by atoms with E-state index in [0.717, 1.165) is 6.07 Å². The van der Waals surface area contributed by atoms with Crippen LogP contribution in [0.5, 0.6) is 0 Å². The Hall–Kier alpha value is -1.70. The lowest BCUT2D eigenvalue weighted by molar-refractivity contribution is -0.184. The van der Waals surface area contributed by atoms with Gasteiger partial charge in [0.1, 0.15) is 11.6 Å². The quantitative estimate of drug-likeness (QED) is 0.808. The van der Waals surface area contributed by atoms with Crippen molar-refractivity contribution >= 4 is 11.6 Å². The first kappa shape index (κ1) is 14.4. The number of anilines is 1. The molecule has 100 valence electrons. The fourth-order valence-corrected chi connectivity index (χ4v) is 0.974. The van der Waals surface area contributed by atoms with Gasteiger partial charge in [0.2, 0.25) is 0 Å². The lowest BCUT2D eigenvalue weighted by Crippen LogP contribution is -2.59. The van der Waals surface area contributed by atoms with E-state index in [1.807, 2.05) is 0 Å². The SMILES string of the molecule is CC(N)(C(=O)Nc1cc(F)ccc1F)C(F)(F)F. The summed E-state index contributed by atoms with van der Waals surface area (Å²) in [5.41, 5.74) is 0.910. The Labute approximate surface area is 98.8 Å². The molecule has 0 aliphatic carbocycles. The molecule has 1 rings (SSSR count). The summed E-state index contributed by atoms with van der Waals surface area (Å²) >= 11 is 0. The summed E-state index contributed by atoms with van der Waals surface area (Å²) in [6.45, 7) is 0.430. The number of carbonyl (C=O) groups excluding carboxylic acids is 1. The summed E-state index contributed by atoms with van der Waals surface area (Å²) in [6.07, 6.45) is -5.01. The van der Waals surface area contributed by atoms with Crippen molar-refractivity contribution in [3.8, 4) is 0 Å². The third-order valence-corrected chi connectivity index (χ3v) is 2.24. The molecule has 0 saturated heterocycles. The number of hydrogen-bond donors (Lipinski definition) is 2. The molecule has 1 atom stereocenters. The topological polar surface area (TPSA) is 55.1 Å². The minimum Gasteiger partial charge on any atom is -0.322 e. The second kappa shape index (κ2) is 4.52. The molecule has 0 spiro atoms. The molecular weight excluding hydrogens is 259 g/mol. The van der Waals surface area contributed by atoms with E-state index in [9.17, 15) is 26.7 Å². The maximum absolute atomic E-state index is 13.1. The van der Waals surface area contributed by atoms with Gasteiger partial charge in [-0.15, -0.1) is 0 Å². The van der Waals surface area contributed by atoms with Crippen LogP contribution < -0.4 is 11.1 Å². The van der Waals surface area contributed by atoms with Gasteiger partial charge < -0.3 is 11.1 Å². The van der Waals surface area contributed by atoms with E-state index >= 15 is 0 Å². The average Bonchev–Trinajstić information content (AvgIpc) is 2.21. The first-order valence-electron chi connectivity index (χ1n) is 4.68. The van der Waals surface area contributed by atoms with E-state index in [4.69, 9.17) is 5.73 Å². The number of nitrogens with two attached hydrogens (primary N) is 1. The number of benzene rings is 1. The van der Waals surface area contributed by atoms with Gasteiger partial charge in [0.25, 0.3) is 5.91 Å². The normalized spacial score (nSPS) is 15.1. The summed E-state index contributed by atoms with van der Waals surface area (Å²) in [6, 6.07) is 1.99. The van der Waals surface area contributed by atoms with E-state index in [1.54, 1.807) is 5.32 Å². The van der Waals surface area contributed by atoms with Crippen molar-refractivity contribution in [2.24, 2.45) is 5.73 Å². The number of nitrogens with one attached hydrogen (secondary N) is 1. The van der Waals surface area contributed by atoms with Crippen LogP contribution in [0.3, 0.4) is 0 Å². The van der Waals surface area contributed by atoms with Gasteiger partial charge in [0.05, 0.1) is 5.69 Å². The molecule has 0 aromatic heterocycles. The minimum absolute atomic E-state index is 0.430. The highest BCUT2D eigenvalue weighted by Crippen LogP contribution is 2.29. The number of rotatable bonds is 2. The van der Waals surface area contributed by atoms with Gasteiger partial charge in [-0.3, -0.25) is 4.79 Å². The predicted octanol–water partition coefficient (Wildman–Crippen LogP) is 2.18. The Morgan fingerprint density at radius 3 is 2.33 bits per heavy atom. The molecule has 8 heteroatoms. The molecule has 0 aliphatic heterocycles. The lowest BCUT2D eigenvalue weighted by Gasteiger charge is -2.26. The van der Waals surface area contributed by atoms with Gasteiger partial charge in [-0.2, -0.15) is 13.2 Å². The molecule has 1 amide bonds. The van der Waals surface area contributed by atoms with Gasteiger partial charge >= 0.3 is 6.18 Å². The van der Waals surface area contributed by atoms with Gasteiger partial charge in [-0.1, -0.05) is 0 Å². The van der Waals surface area contributed by atoms with Crippen LogP contribution in [0.1, 0.15) is 6.92 Å². The number of carbonyl (C=O) groups is 1. The molecule has 0 heterocycles. The van der Waals surface area contributed by atoms with Crippen LogP contribution in [0, 0.1) is 11.6 Å². The van der Waals surface area contributed by atoms with Gasteiger partial charge in [0, 0.05) is 6.07 Å². The predicted molar refractivity (Wildman–Crippen MR) is 53.6 cm³/mol. The highest BCUT2D eigenvalue weighted by Gasteiger charge is 2.54. The summed E-state index contributed by atoms with van der Waals surface area (Å²) in [4.78, 5) is 11.3. The monoisotopic (exact) mass is 268 g/mol. The molecule has 1 unspecified atom stereocenters. The third kappa shape index (κ3) is 2.76. The highest BCUT2D eigenvalue weighted by atomic mass is 19.4. The standard InChI is InChI=1S/C10H9F5N2O/c1-9(16,10(13,14)15)8(18)17-7-4-5(11)2-3-6(7)12/h2-4H,16H2,1H3,(H,17,18). The summed E-state index contributed by atoms with van der Waals surface area (Å²) < 4.78 is 63.1. The van der Waals surface area contributed by atoms with Crippen molar-refractivity contribution < 1.29 is 26.7 Å². The molecule has 0 fully saturated rings. The Kier molecular flexibility index (Phi) is 3.61. The summed E-state index contributed by atoms with van der Waals surface area (Å²) in [7, 11) is 0. The van der Waals surface area contributed by atoms with Crippen LogP contribution in [0.15, 0.2) is 18.2 Å². The molecule has 0 bridgehead atoms. The first-order valence-corrected chi connectivity index (χ1v) is 4.68. The van der Waals surface area contributed by atoms with E-state index in [0.29, 0.717) is 19.1 Å². The van der Waals surface area contributed by atoms with Crippen molar-refractivity contribution in [3.63, 3.8) is 0 Å². The van der Waals surface area contributed by atoms with E-state index in [1.165, 1.54) is 0 Å². The minimum atomic E-state index is -5.01. The van der Waals surface area contributed by atoms with Gasteiger partial charge in [-0.05, 0) is 19.1 Å². The Morgan fingerprint density at radius 1 is 1.28 bits per heavy atom. The number of halogens is 5. The van der Waals surface area contributed by atoms with E-state index < -0.39 is 34.9 Å². The molecule has 18 heavy (non-hydrogen) atoms. The molecule has 0 saturated carbocycles. The Morgan fingerprint density at radius 2 is 1.83 bits per heavy atom. The van der Waals surface area contributed by atoms with Crippen molar-refractivity contribution in [3.05, 3.63) is 29.8 Å². The summed E-state index contributed by atoms with van der Waals surface area (Å²) in [5.74, 6) is -3.65. The molecule has 0 radical (unpaired) electrons. The van der Waals surface area contributed by atoms with Crippen molar-refractivity contribution in [2.75, 3.05) is 5.32 Å². The second-order valence-corrected chi connectivity index (χ2v) is 3.78. The number of hydrogen-bond acceptors (Lipinski definition) is 2. The zero-order chi connectivity index (χ0) is 14.1. The van der Waals surface area contributed by atoms with Crippen molar-refractivity contribution in [1.82, 2.24) is 0 Å². The lowest BCUT2D eigenvalue weighted by atomic mass is 10.0. The highest BCUT2D eigenvalue weighted by molar-refractivity contribution is 5.98. The Bertz CT molecular complexity index is 470. The fraction of sp³-hybridized carbons (Fsp3) is 0.300. The third-order valence-electron chi connectivity index (χ3n) is 2.24. The van der Waals surface area contributed by atoms with E-state index in [-0.39, 0.29) is 0 Å². The number of amides is 1. The van der Waals surface area contributed by atoms with Crippen LogP contribution in [-0.2, 0) is 4.79 Å². The van der Waals surface area contributed by atoms with Crippen molar-refractivity contribution in [1.29, 1.82) is 0 Å². The molecule has 3 nitrogen and oxygen atoms in total. The molecular formula is C10H9F5N2O. The fourth-order valence-electron chi connectivity index (χ4n) is 0.974. The van der Waals surface area contributed by atoms with Crippen LogP contribution in [0.25, 0.3) is 0 Å². The van der Waals surface area contributed by atoms with Gasteiger partial charge in [0.15, 0.2) is 5.54 Å². The zero-order valence-electron chi connectivity index (χ0n) is 9.11. The average molecular weight is 268 g/mol. The maximum atomic E-state index is 13.1. The van der Waals surface area contributed by atoms with E-state index in [2.05, 4.69) is 0 Å². The zero-order valence-corrected chi connectivity index (χ0v) is 9.11. The van der Waals surface area contributed by atoms with Crippen LogP contribution >= 0.6 is 0 Å². The molecule has 0 aliphatic rings. The molecule has 1 aromatic rings. The molecule has 3 N–H and O–H groups in total. The molecule has 1 aromatic carbocycles. The van der Waals surface area contributed by atoms with Crippen LogP contribution in [0.2, 0.25) is 0 Å². The maximum Gasteiger partial charge on any atom is 0.415 e. The van der Waals surface area contributed by atoms with Crippen molar-refractivity contribution in [2.45, 2.75) is 18.6 Å². The van der Waals surface area contributed by atoms with Crippen LogP contribution in [0.4, 0.5) is 27.6 Å².